The molecule has 9 heteroatoms. The highest BCUT2D eigenvalue weighted by atomic mass is 35.5. The van der Waals surface area contributed by atoms with E-state index in [4.69, 9.17) is 11.6 Å². The number of carbonyl (C=O) groups is 1. The van der Waals surface area contributed by atoms with Crippen molar-refractivity contribution < 1.29 is 18.0 Å². The molecule has 0 radical (unpaired) electrons. The Morgan fingerprint density at radius 2 is 1.93 bits per heavy atom. The van der Waals surface area contributed by atoms with E-state index in [1.807, 2.05) is 18.4 Å². The molecular formula is C19H23ClF3N3OS. The quantitative estimate of drug-likeness (QED) is 0.573. The standard InChI is InChI=1S/C19H23ClF3N3OS/c1-10(2)9-26-12(4)11(3)24-18(26)28-13(5)17(27)25-16-7-6-14(20)8-15(16)19(21,22)23/h6-8,10,13H,9H2,1-5H3,(H,25,27). The maximum absolute atomic E-state index is 13.2. The summed E-state index contributed by atoms with van der Waals surface area (Å²) in [5, 5.41) is 2.37. The first-order chi connectivity index (χ1) is 12.9. The minimum Gasteiger partial charge on any atom is -0.325 e. The van der Waals surface area contributed by atoms with Gasteiger partial charge in [-0.15, -0.1) is 0 Å². The number of nitrogens with one attached hydrogen (secondary N) is 1. The van der Waals surface area contributed by atoms with E-state index in [9.17, 15) is 18.0 Å². The number of benzene rings is 1. The second-order valence-corrected chi connectivity index (χ2v) is 8.75. The number of carbonyl (C=O) groups excluding carboxylic acids is 1. The molecule has 28 heavy (non-hydrogen) atoms. The van der Waals surface area contributed by atoms with Gasteiger partial charge in [-0.1, -0.05) is 37.2 Å². The molecule has 0 fully saturated rings. The lowest BCUT2D eigenvalue weighted by Crippen LogP contribution is -2.25. The topological polar surface area (TPSA) is 46.9 Å². The molecule has 0 bridgehead atoms. The fourth-order valence-electron chi connectivity index (χ4n) is 2.60. The number of halogens is 4. The Kier molecular flexibility index (Phi) is 7.09. The van der Waals surface area contributed by atoms with Gasteiger partial charge in [0.1, 0.15) is 0 Å². The predicted octanol–water partition coefficient (Wildman–Crippen LogP) is 5.95. The van der Waals surface area contributed by atoms with Gasteiger partial charge in [0, 0.05) is 17.3 Å². The summed E-state index contributed by atoms with van der Waals surface area (Å²) in [5.74, 6) is -0.147. The van der Waals surface area contributed by atoms with Crippen LogP contribution in [0, 0.1) is 19.8 Å². The van der Waals surface area contributed by atoms with Crippen molar-refractivity contribution in [3.63, 3.8) is 0 Å². The van der Waals surface area contributed by atoms with Crippen LogP contribution in [0.25, 0.3) is 0 Å². The van der Waals surface area contributed by atoms with Crippen LogP contribution in [0.3, 0.4) is 0 Å². The number of anilines is 1. The molecule has 1 aromatic carbocycles. The maximum Gasteiger partial charge on any atom is 0.418 e. The molecule has 1 N–H and O–H groups in total. The molecule has 4 nitrogen and oxygen atoms in total. The first-order valence-electron chi connectivity index (χ1n) is 8.78. The van der Waals surface area contributed by atoms with Gasteiger partial charge in [0.15, 0.2) is 5.16 Å². The molecule has 2 rings (SSSR count). The highest BCUT2D eigenvalue weighted by Gasteiger charge is 2.34. The number of aromatic nitrogens is 2. The largest absolute Gasteiger partial charge is 0.418 e. The Bertz CT molecular complexity index is 865. The Labute approximate surface area is 171 Å². The highest BCUT2D eigenvalue weighted by molar-refractivity contribution is 8.00. The smallest absolute Gasteiger partial charge is 0.325 e. The van der Waals surface area contributed by atoms with Gasteiger partial charge in [0.2, 0.25) is 5.91 Å². The van der Waals surface area contributed by atoms with Crippen LogP contribution < -0.4 is 5.32 Å². The molecular weight excluding hydrogens is 411 g/mol. The number of nitrogens with zero attached hydrogens (tertiary/aromatic N) is 2. The van der Waals surface area contributed by atoms with Crippen molar-refractivity contribution in [2.45, 2.75) is 57.7 Å². The van der Waals surface area contributed by atoms with Gasteiger partial charge >= 0.3 is 6.18 Å². The van der Waals surface area contributed by atoms with Gasteiger partial charge in [-0.25, -0.2) is 4.98 Å². The Balaban J connectivity index is 2.21. The summed E-state index contributed by atoms with van der Waals surface area (Å²) in [5.41, 5.74) is 0.597. The first-order valence-corrected chi connectivity index (χ1v) is 10.0. The Morgan fingerprint density at radius 3 is 2.50 bits per heavy atom. The van der Waals surface area contributed by atoms with Crippen molar-refractivity contribution in [3.8, 4) is 0 Å². The average Bonchev–Trinajstić information content (AvgIpc) is 2.82. The van der Waals surface area contributed by atoms with Crippen LogP contribution in [0.4, 0.5) is 18.9 Å². The van der Waals surface area contributed by atoms with Crippen LogP contribution in [-0.2, 0) is 17.5 Å². The van der Waals surface area contributed by atoms with Crippen LogP contribution in [-0.4, -0.2) is 20.7 Å². The summed E-state index contributed by atoms with van der Waals surface area (Å²) < 4.78 is 41.7. The zero-order valence-corrected chi connectivity index (χ0v) is 17.9. The van der Waals surface area contributed by atoms with Gasteiger partial charge in [-0.2, -0.15) is 13.2 Å². The van der Waals surface area contributed by atoms with E-state index in [1.54, 1.807) is 6.92 Å². The molecule has 1 unspecified atom stereocenters. The van der Waals surface area contributed by atoms with E-state index in [0.717, 1.165) is 30.1 Å². The van der Waals surface area contributed by atoms with Crippen molar-refractivity contribution in [3.05, 3.63) is 40.2 Å². The molecule has 1 heterocycles. The fraction of sp³-hybridized carbons (Fsp3) is 0.474. The lowest BCUT2D eigenvalue weighted by atomic mass is 10.1. The van der Waals surface area contributed by atoms with Crippen molar-refractivity contribution in [2.24, 2.45) is 5.92 Å². The number of thioether (sulfide) groups is 1. The predicted molar refractivity (Wildman–Crippen MR) is 107 cm³/mol. The molecule has 1 atom stereocenters. The van der Waals surface area contributed by atoms with Crippen LogP contribution in [0.5, 0.6) is 0 Å². The third kappa shape index (κ3) is 5.44. The monoisotopic (exact) mass is 433 g/mol. The SMILES string of the molecule is Cc1nc(SC(C)C(=O)Nc2ccc(Cl)cc2C(F)(F)F)n(CC(C)C)c1C. The third-order valence-electron chi connectivity index (χ3n) is 4.17. The van der Waals surface area contributed by atoms with E-state index < -0.39 is 22.9 Å². The summed E-state index contributed by atoms with van der Waals surface area (Å²) >= 11 is 6.90. The number of imidazole rings is 1. The number of alkyl halides is 3. The fourth-order valence-corrected chi connectivity index (χ4v) is 3.78. The van der Waals surface area contributed by atoms with Gasteiger partial charge < -0.3 is 9.88 Å². The minimum atomic E-state index is -4.62. The molecule has 1 aromatic heterocycles. The third-order valence-corrected chi connectivity index (χ3v) is 5.49. The van der Waals surface area contributed by atoms with E-state index in [0.29, 0.717) is 11.1 Å². The molecule has 0 aliphatic rings. The molecule has 2 aromatic rings. The van der Waals surface area contributed by atoms with Gasteiger partial charge in [0.05, 0.1) is 22.2 Å². The van der Waals surface area contributed by atoms with Crippen molar-refractivity contribution in [1.29, 1.82) is 0 Å². The number of hydrogen-bond acceptors (Lipinski definition) is 3. The Hall–Kier alpha value is -1.67. The zero-order valence-electron chi connectivity index (χ0n) is 16.3. The second kappa shape index (κ2) is 8.78. The maximum atomic E-state index is 13.2. The highest BCUT2D eigenvalue weighted by Crippen LogP contribution is 2.37. The van der Waals surface area contributed by atoms with Gasteiger partial charge in [-0.3, -0.25) is 4.79 Å². The number of rotatable bonds is 6. The summed E-state index contributed by atoms with van der Waals surface area (Å²) in [7, 11) is 0. The van der Waals surface area contributed by atoms with Crippen LogP contribution in [0.1, 0.15) is 37.7 Å². The number of aryl methyl sites for hydroxylation is 1. The molecule has 0 saturated heterocycles. The normalized spacial score (nSPS) is 13.1. The average molecular weight is 434 g/mol. The van der Waals surface area contributed by atoms with E-state index in [-0.39, 0.29) is 10.7 Å². The van der Waals surface area contributed by atoms with Crippen LogP contribution in [0.2, 0.25) is 5.02 Å². The van der Waals surface area contributed by atoms with E-state index in [1.165, 1.54) is 17.8 Å². The number of amides is 1. The van der Waals surface area contributed by atoms with E-state index >= 15 is 0 Å². The van der Waals surface area contributed by atoms with Crippen LogP contribution in [0.15, 0.2) is 23.4 Å². The number of hydrogen-bond donors (Lipinski definition) is 1. The van der Waals surface area contributed by atoms with Crippen molar-refractivity contribution >= 4 is 35.0 Å². The first kappa shape index (κ1) is 22.6. The molecule has 0 saturated carbocycles. The summed E-state index contributed by atoms with van der Waals surface area (Å²) in [6.45, 7) is 10.4. The Morgan fingerprint density at radius 1 is 1.29 bits per heavy atom. The lowest BCUT2D eigenvalue weighted by molar-refractivity contribution is -0.137. The van der Waals surface area contributed by atoms with Crippen molar-refractivity contribution in [2.75, 3.05) is 5.32 Å². The zero-order chi connectivity index (χ0) is 21.2. The van der Waals surface area contributed by atoms with Crippen LogP contribution >= 0.6 is 23.4 Å². The molecule has 1 amide bonds. The molecule has 154 valence electrons. The molecule has 0 spiro atoms. The van der Waals surface area contributed by atoms with E-state index in [2.05, 4.69) is 24.1 Å². The summed E-state index contributed by atoms with van der Waals surface area (Å²) in [6, 6.07) is 3.28. The molecule has 0 aliphatic carbocycles. The van der Waals surface area contributed by atoms with Crippen molar-refractivity contribution in [1.82, 2.24) is 9.55 Å². The molecule has 0 aliphatic heterocycles. The lowest BCUT2D eigenvalue weighted by Gasteiger charge is -2.17. The second-order valence-electron chi connectivity index (χ2n) is 7.01. The summed E-state index contributed by atoms with van der Waals surface area (Å²) in [4.78, 5) is 17.0. The summed E-state index contributed by atoms with van der Waals surface area (Å²) in [6.07, 6.45) is -4.62. The van der Waals surface area contributed by atoms with Gasteiger partial charge in [-0.05, 0) is 44.9 Å². The van der Waals surface area contributed by atoms with Gasteiger partial charge in [0.25, 0.3) is 0 Å². The minimum absolute atomic E-state index is 0.0468.